The molecule has 1 saturated heterocycles. The zero-order valence-electron chi connectivity index (χ0n) is 19.9. The fourth-order valence-electron chi connectivity index (χ4n) is 4.29. The summed E-state index contributed by atoms with van der Waals surface area (Å²) in [5, 5.41) is 3.76. The molecule has 1 N–H and O–H groups in total. The maximum Gasteiger partial charge on any atom is 0.256 e. The highest BCUT2D eigenvalue weighted by Crippen LogP contribution is 2.21. The third-order valence-electron chi connectivity index (χ3n) is 6.40. The van der Waals surface area contributed by atoms with Crippen molar-refractivity contribution in [1.82, 2.24) is 24.8 Å². The van der Waals surface area contributed by atoms with Gasteiger partial charge in [-0.15, -0.1) is 0 Å². The number of hydrogen-bond donors (Lipinski definition) is 1. The van der Waals surface area contributed by atoms with Crippen molar-refractivity contribution in [2.45, 2.75) is 13.5 Å². The average molecular weight is 469 g/mol. The maximum atomic E-state index is 13.0. The summed E-state index contributed by atoms with van der Waals surface area (Å²) in [5.74, 6) is 0.473. The largest absolute Gasteiger partial charge is 0.348 e. The number of likely N-dealkylation sites (N-methyl/N-ethyl adjacent to an activating group) is 1. The summed E-state index contributed by atoms with van der Waals surface area (Å²) in [7, 11) is 2.10. The number of anilines is 1. The number of benzene rings is 2. The van der Waals surface area contributed by atoms with E-state index in [4.69, 9.17) is 9.97 Å². The molecule has 8 nitrogen and oxygen atoms in total. The molecule has 1 aliphatic rings. The van der Waals surface area contributed by atoms with Gasteiger partial charge in [0.2, 0.25) is 5.95 Å². The number of fused-ring (bicyclic) bond motifs is 1. The smallest absolute Gasteiger partial charge is 0.256 e. The number of carbonyl (C=O) groups is 1. The number of pyridine rings is 1. The Morgan fingerprint density at radius 1 is 0.914 bits per heavy atom. The van der Waals surface area contributed by atoms with Gasteiger partial charge in [0.25, 0.3) is 11.5 Å². The van der Waals surface area contributed by atoms with Gasteiger partial charge in [0.05, 0.1) is 11.4 Å². The van der Waals surface area contributed by atoms with E-state index in [1.54, 1.807) is 34.9 Å². The topological polar surface area (TPSA) is 83.4 Å². The fourth-order valence-corrected chi connectivity index (χ4v) is 4.29. The Morgan fingerprint density at radius 3 is 2.34 bits per heavy atom. The van der Waals surface area contributed by atoms with Gasteiger partial charge in [0.1, 0.15) is 0 Å². The van der Waals surface area contributed by atoms with Gasteiger partial charge >= 0.3 is 0 Å². The van der Waals surface area contributed by atoms with E-state index in [9.17, 15) is 9.59 Å². The molecule has 0 bridgehead atoms. The molecule has 0 radical (unpaired) electrons. The molecule has 1 fully saturated rings. The first-order valence-corrected chi connectivity index (χ1v) is 11.8. The van der Waals surface area contributed by atoms with Crippen LogP contribution in [0.3, 0.4) is 0 Å². The summed E-state index contributed by atoms with van der Waals surface area (Å²) in [4.78, 5) is 39.6. The number of amides is 1. The van der Waals surface area contributed by atoms with E-state index in [2.05, 4.69) is 22.2 Å². The highest BCUT2D eigenvalue weighted by molar-refractivity contribution is 5.94. The van der Waals surface area contributed by atoms with Crippen LogP contribution in [0.25, 0.3) is 16.7 Å². The first-order chi connectivity index (χ1) is 17.0. The molecule has 2 aromatic heterocycles. The summed E-state index contributed by atoms with van der Waals surface area (Å²) < 4.78 is 1.59. The summed E-state index contributed by atoms with van der Waals surface area (Å²) in [6, 6.07) is 20.1. The summed E-state index contributed by atoms with van der Waals surface area (Å²) >= 11 is 0. The normalized spacial score (nSPS) is 14.3. The van der Waals surface area contributed by atoms with Crippen LogP contribution in [0.15, 0.2) is 71.5 Å². The minimum absolute atomic E-state index is 0.166. The molecule has 1 aliphatic heterocycles. The Balaban J connectivity index is 1.45. The Bertz CT molecular complexity index is 1410. The lowest BCUT2D eigenvalue weighted by molar-refractivity contribution is 0.0951. The quantitative estimate of drug-likeness (QED) is 0.485. The van der Waals surface area contributed by atoms with Crippen LogP contribution < -0.4 is 15.8 Å². The molecule has 0 spiro atoms. The van der Waals surface area contributed by atoms with Gasteiger partial charge in [-0.1, -0.05) is 30.3 Å². The third-order valence-corrected chi connectivity index (χ3v) is 6.40. The van der Waals surface area contributed by atoms with E-state index < -0.39 is 0 Å². The molecule has 5 rings (SSSR count). The number of aromatic nitrogens is 3. The number of nitrogens with one attached hydrogen (secondary N) is 1. The number of nitrogens with zero attached hydrogens (tertiary/aromatic N) is 5. The average Bonchev–Trinajstić information content (AvgIpc) is 2.88. The van der Waals surface area contributed by atoms with Crippen molar-refractivity contribution in [2.75, 3.05) is 38.1 Å². The second kappa shape index (κ2) is 9.68. The Labute approximate surface area is 203 Å². The summed E-state index contributed by atoms with van der Waals surface area (Å²) in [6.45, 7) is 5.95. The van der Waals surface area contributed by atoms with Crippen molar-refractivity contribution in [1.29, 1.82) is 0 Å². The third kappa shape index (κ3) is 4.79. The predicted molar refractivity (Wildman–Crippen MR) is 137 cm³/mol. The van der Waals surface area contributed by atoms with E-state index >= 15 is 0 Å². The Kier molecular flexibility index (Phi) is 6.29. The summed E-state index contributed by atoms with van der Waals surface area (Å²) in [6.07, 6.45) is 0. The van der Waals surface area contributed by atoms with Crippen molar-refractivity contribution in [3.63, 3.8) is 0 Å². The van der Waals surface area contributed by atoms with Crippen LogP contribution >= 0.6 is 0 Å². The lowest BCUT2D eigenvalue weighted by Gasteiger charge is -2.32. The molecule has 0 atom stereocenters. The van der Waals surface area contributed by atoms with Gasteiger partial charge < -0.3 is 15.1 Å². The second-order valence-electron chi connectivity index (χ2n) is 8.86. The van der Waals surface area contributed by atoms with Gasteiger partial charge in [-0.3, -0.25) is 14.2 Å². The highest BCUT2D eigenvalue weighted by Gasteiger charge is 2.19. The minimum Gasteiger partial charge on any atom is -0.348 e. The van der Waals surface area contributed by atoms with Crippen molar-refractivity contribution in [2.24, 2.45) is 0 Å². The van der Waals surface area contributed by atoms with E-state index in [-0.39, 0.29) is 11.5 Å². The maximum absolute atomic E-state index is 13.0. The molecule has 4 aromatic rings. The van der Waals surface area contributed by atoms with Crippen LogP contribution in [0.5, 0.6) is 0 Å². The van der Waals surface area contributed by atoms with Crippen LogP contribution in [0, 0.1) is 6.92 Å². The zero-order chi connectivity index (χ0) is 24.4. The van der Waals surface area contributed by atoms with E-state index in [0.29, 0.717) is 29.4 Å². The molecule has 3 heterocycles. The first kappa shape index (κ1) is 22.7. The highest BCUT2D eigenvalue weighted by atomic mass is 16.1. The van der Waals surface area contributed by atoms with E-state index in [1.807, 2.05) is 37.3 Å². The fraction of sp³-hybridized carbons (Fsp3) is 0.259. The second-order valence-corrected chi connectivity index (χ2v) is 8.86. The first-order valence-electron chi connectivity index (χ1n) is 11.8. The molecular formula is C27H28N6O2. The number of rotatable bonds is 5. The van der Waals surface area contributed by atoms with E-state index in [0.717, 1.165) is 42.8 Å². The molecule has 0 aliphatic carbocycles. The van der Waals surface area contributed by atoms with Crippen molar-refractivity contribution in [3.05, 3.63) is 93.9 Å². The Morgan fingerprint density at radius 2 is 1.63 bits per heavy atom. The zero-order valence-corrected chi connectivity index (χ0v) is 19.9. The van der Waals surface area contributed by atoms with Crippen LogP contribution in [-0.2, 0) is 6.54 Å². The van der Waals surface area contributed by atoms with Gasteiger partial charge in [0, 0.05) is 49.7 Å². The molecule has 0 unspecified atom stereocenters. The van der Waals surface area contributed by atoms with Crippen molar-refractivity contribution < 1.29 is 4.79 Å². The van der Waals surface area contributed by atoms with Crippen LogP contribution in [-0.4, -0.2) is 58.6 Å². The van der Waals surface area contributed by atoms with E-state index in [1.165, 1.54) is 6.07 Å². The van der Waals surface area contributed by atoms with Crippen LogP contribution in [0.4, 0.5) is 5.95 Å². The van der Waals surface area contributed by atoms with Crippen LogP contribution in [0.2, 0.25) is 0 Å². The van der Waals surface area contributed by atoms with Crippen molar-refractivity contribution in [3.8, 4) is 5.69 Å². The number of aryl methyl sites for hydroxylation is 1. The summed E-state index contributed by atoms with van der Waals surface area (Å²) in [5.41, 5.74) is 3.44. The van der Waals surface area contributed by atoms with Crippen molar-refractivity contribution >= 4 is 22.9 Å². The SMILES string of the molecule is Cc1nc(N2CCN(C)CC2)nc2c1ccc(=O)n2-c1ccc(C(=O)NCc2ccccc2)cc1. The molecule has 0 saturated carbocycles. The molecule has 8 heteroatoms. The number of carbonyl (C=O) groups excluding carboxylic acids is 1. The monoisotopic (exact) mass is 468 g/mol. The standard InChI is InChI=1S/C27H28N6O2/c1-19-23-12-13-24(34)33(25(23)30-27(29-19)32-16-14-31(2)15-17-32)22-10-8-21(9-11-22)26(35)28-18-20-6-4-3-5-7-20/h3-13H,14-18H2,1-2H3,(H,28,35). The minimum atomic E-state index is -0.179. The number of piperazine rings is 1. The molecular weight excluding hydrogens is 440 g/mol. The molecule has 1 amide bonds. The molecule has 178 valence electrons. The number of hydrogen-bond acceptors (Lipinski definition) is 6. The lowest BCUT2D eigenvalue weighted by atomic mass is 10.1. The Hall–Kier alpha value is -4.04. The van der Waals surface area contributed by atoms with Gasteiger partial charge in [-0.05, 0) is 49.9 Å². The molecule has 35 heavy (non-hydrogen) atoms. The van der Waals surface area contributed by atoms with Gasteiger partial charge in [-0.2, -0.15) is 4.98 Å². The van der Waals surface area contributed by atoms with Gasteiger partial charge in [0.15, 0.2) is 5.65 Å². The van der Waals surface area contributed by atoms with Gasteiger partial charge in [-0.25, -0.2) is 4.98 Å². The predicted octanol–water partition coefficient (Wildman–Crippen LogP) is 2.77. The molecule has 2 aromatic carbocycles. The van der Waals surface area contributed by atoms with Crippen LogP contribution in [0.1, 0.15) is 21.6 Å². The lowest BCUT2D eigenvalue weighted by Crippen LogP contribution is -2.45.